The van der Waals surface area contributed by atoms with Crippen LogP contribution in [-0.4, -0.2) is 27.3 Å². The maximum Gasteiger partial charge on any atom is 0.160 e. The van der Waals surface area contributed by atoms with Crippen LogP contribution in [0.1, 0.15) is 0 Å². The highest BCUT2D eigenvalue weighted by molar-refractivity contribution is 5.87. The van der Waals surface area contributed by atoms with Crippen molar-refractivity contribution in [3.63, 3.8) is 0 Å². The Hall–Kier alpha value is -2.70. The van der Waals surface area contributed by atoms with Gasteiger partial charge in [0.15, 0.2) is 5.65 Å². The molecule has 7 heteroatoms. The quantitative estimate of drug-likeness (QED) is 0.754. The summed E-state index contributed by atoms with van der Waals surface area (Å²) in [6.45, 7) is 0. The highest BCUT2D eigenvalue weighted by Crippen LogP contribution is 2.25. The van der Waals surface area contributed by atoms with Crippen molar-refractivity contribution >= 4 is 22.5 Å². The first-order chi connectivity index (χ1) is 9.26. The fraction of sp³-hybridized carbons (Fsp3) is 0.0833. The van der Waals surface area contributed by atoms with E-state index in [1.807, 2.05) is 0 Å². The van der Waals surface area contributed by atoms with Crippen LogP contribution in [0.15, 0.2) is 30.7 Å². The lowest BCUT2D eigenvalue weighted by Crippen LogP contribution is -1.96. The van der Waals surface area contributed by atoms with Gasteiger partial charge in [0.2, 0.25) is 0 Å². The number of H-pyrrole nitrogens is 1. The lowest BCUT2D eigenvalue weighted by atomic mass is 10.2. The third kappa shape index (κ3) is 2.17. The standard InChI is InChI=1S/C12H10FN5O/c1-19-9-3-7(13)2-8(4-9)17-11-10-5-16-18-12(10)15-6-14-11/h2-6H,1H3,(H2,14,15,16,17,18). The average molecular weight is 259 g/mol. The monoisotopic (exact) mass is 259 g/mol. The zero-order valence-electron chi connectivity index (χ0n) is 10.0. The van der Waals surface area contributed by atoms with Gasteiger partial charge >= 0.3 is 0 Å². The van der Waals surface area contributed by atoms with E-state index in [0.717, 1.165) is 5.39 Å². The molecule has 3 aromatic rings. The molecule has 6 nitrogen and oxygen atoms in total. The minimum Gasteiger partial charge on any atom is -0.497 e. The van der Waals surface area contributed by atoms with Crippen LogP contribution in [0.5, 0.6) is 5.75 Å². The van der Waals surface area contributed by atoms with Crippen molar-refractivity contribution in [1.29, 1.82) is 0 Å². The van der Waals surface area contributed by atoms with E-state index in [4.69, 9.17) is 4.74 Å². The number of hydrogen-bond acceptors (Lipinski definition) is 5. The van der Waals surface area contributed by atoms with E-state index in [2.05, 4.69) is 25.5 Å². The summed E-state index contributed by atoms with van der Waals surface area (Å²) in [5.74, 6) is 0.589. The van der Waals surface area contributed by atoms with Gasteiger partial charge in [0, 0.05) is 17.8 Å². The molecule has 2 N–H and O–H groups in total. The van der Waals surface area contributed by atoms with Crippen LogP contribution in [0, 0.1) is 5.82 Å². The average Bonchev–Trinajstić information content (AvgIpc) is 2.87. The van der Waals surface area contributed by atoms with E-state index in [9.17, 15) is 4.39 Å². The first kappa shape index (κ1) is 11.4. The van der Waals surface area contributed by atoms with Gasteiger partial charge in [-0.2, -0.15) is 5.10 Å². The molecule has 0 aliphatic heterocycles. The molecule has 19 heavy (non-hydrogen) atoms. The lowest BCUT2D eigenvalue weighted by Gasteiger charge is -2.08. The van der Waals surface area contributed by atoms with Crippen LogP contribution in [0.4, 0.5) is 15.9 Å². The fourth-order valence-corrected chi connectivity index (χ4v) is 1.75. The lowest BCUT2D eigenvalue weighted by molar-refractivity contribution is 0.411. The molecular formula is C12H10FN5O. The number of nitrogens with one attached hydrogen (secondary N) is 2. The molecule has 0 fully saturated rings. The Bertz CT molecular complexity index is 727. The van der Waals surface area contributed by atoms with Gasteiger partial charge in [-0.05, 0) is 6.07 Å². The molecule has 3 rings (SSSR count). The second kappa shape index (κ2) is 4.52. The Balaban J connectivity index is 2.01. The summed E-state index contributed by atoms with van der Waals surface area (Å²) in [5.41, 5.74) is 1.15. The van der Waals surface area contributed by atoms with Gasteiger partial charge in [0.1, 0.15) is 23.7 Å². The topological polar surface area (TPSA) is 75.7 Å². The van der Waals surface area contributed by atoms with Gasteiger partial charge in [0.25, 0.3) is 0 Å². The third-order valence-electron chi connectivity index (χ3n) is 2.62. The molecule has 0 amide bonds. The predicted octanol–water partition coefficient (Wildman–Crippen LogP) is 2.24. The molecule has 96 valence electrons. The van der Waals surface area contributed by atoms with E-state index in [-0.39, 0.29) is 5.82 Å². The van der Waals surface area contributed by atoms with Crippen LogP contribution in [-0.2, 0) is 0 Å². The van der Waals surface area contributed by atoms with Crippen LogP contribution < -0.4 is 10.1 Å². The van der Waals surface area contributed by atoms with Crippen LogP contribution in [0.2, 0.25) is 0 Å². The highest BCUT2D eigenvalue weighted by Gasteiger charge is 2.07. The molecule has 0 aliphatic rings. The van der Waals surface area contributed by atoms with Crippen LogP contribution in [0.25, 0.3) is 11.0 Å². The van der Waals surface area contributed by atoms with Crippen molar-refractivity contribution in [2.75, 3.05) is 12.4 Å². The van der Waals surface area contributed by atoms with E-state index in [1.54, 1.807) is 12.3 Å². The summed E-state index contributed by atoms with van der Waals surface area (Å²) in [7, 11) is 1.48. The Morgan fingerprint density at radius 1 is 1.26 bits per heavy atom. The Morgan fingerprint density at radius 2 is 2.16 bits per heavy atom. The minimum absolute atomic E-state index is 0.389. The number of aromatic amines is 1. The Labute approximate surface area is 107 Å². The Morgan fingerprint density at radius 3 is 3.00 bits per heavy atom. The maximum absolute atomic E-state index is 13.4. The largest absolute Gasteiger partial charge is 0.497 e. The zero-order valence-corrected chi connectivity index (χ0v) is 10.0. The highest BCUT2D eigenvalue weighted by atomic mass is 19.1. The summed E-state index contributed by atoms with van der Waals surface area (Å²) < 4.78 is 18.4. The van der Waals surface area contributed by atoms with Crippen molar-refractivity contribution < 1.29 is 9.13 Å². The molecule has 0 bridgehead atoms. The normalized spacial score (nSPS) is 10.6. The molecule has 2 heterocycles. The van der Waals surface area contributed by atoms with Gasteiger partial charge < -0.3 is 10.1 Å². The first-order valence-corrected chi connectivity index (χ1v) is 5.52. The Kier molecular flexibility index (Phi) is 2.71. The second-order valence-corrected chi connectivity index (χ2v) is 3.86. The van der Waals surface area contributed by atoms with Crippen LogP contribution >= 0.6 is 0 Å². The van der Waals surface area contributed by atoms with E-state index in [1.165, 1.54) is 25.6 Å². The summed E-state index contributed by atoms with van der Waals surface area (Å²) in [5, 5.41) is 10.4. The number of nitrogens with zero attached hydrogens (tertiary/aromatic N) is 3. The first-order valence-electron chi connectivity index (χ1n) is 5.52. The molecule has 2 aromatic heterocycles. The number of rotatable bonds is 3. The van der Waals surface area contributed by atoms with Crippen molar-refractivity contribution in [1.82, 2.24) is 20.2 Å². The predicted molar refractivity (Wildman–Crippen MR) is 67.9 cm³/mol. The number of aromatic nitrogens is 4. The molecule has 0 unspecified atom stereocenters. The third-order valence-corrected chi connectivity index (χ3v) is 2.62. The number of halogens is 1. The van der Waals surface area contributed by atoms with Crippen molar-refractivity contribution in [3.05, 3.63) is 36.5 Å². The molecule has 0 saturated heterocycles. The van der Waals surface area contributed by atoms with Gasteiger partial charge in [-0.15, -0.1) is 0 Å². The second-order valence-electron chi connectivity index (χ2n) is 3.86. The van der Waals surface area contributed by atoms with Crippen LogP contribution in [0.3, 0.4) is 0 Å². The van der Waals surface area contributed by atoms with Crippen molar-refractivity contribution in [2.24, 2.45) is 0 Å². The molecule has 0 saturated carbocycles. The van der Waals surface area contributed by atoms with Crippen molar-refractivity contribution in [3.8, 4) is 5.75 Å². The molecule has 0 atom stereocenters. The number of benzene rings is 1. The molecule has 0 radical (unpaired) electrons. The number of anilines is 2. The van der Waals surface area contributed by atoms with Gasteiger partial charge in [-0.25, -0.2) is 14.4 Å². The van der Waals surface area contributed by atoms with Crippen molar-refractivity contribution in [2.45, 2.75) is 0 Å². The van der Waals surface area contributed by atoms with E-state index in [0.29, 0.717) is 22.9 Å². The van der Waals surface area contributed by atoms with E-state index >= 15 is 0 Å². The zero-order chi connectivity index (χ0) is 13.2. The molecular weight excluding hydrogens is 249 g/mol. The molecule has 0 aliphatic carbocycles. The minimum atomic E-state index is -0.389. The number of hydrogen-bond donors (Lipinski definition) is 2. The summed E-state index contributed by atoms with van der Waals surface area (Å²) >= 11 is 0. The SMILES string of the molecule is COc1cc(F)cc(Nc2ncnc3[nH]ncc23)c1. The number of methoxy groups -OCH3 is 1. The number of fused-ring (bicyclic) bond motifs is 1. The smallest absolute Gasteiger partial charge is 0.160 e. The summed E-state index contributed by atoms with van der Waals surface area (Å²) in [6, 6.07) is 4.34. The molecule has 0 spiro atoms. The van der Waals surface area contributed by atoms with Gasteiger partial charge in [0.05, 0.1) is 18.7 Å². The number of ether oxygens (including phenoxy) is 1. The molecule has 1 aromatic carbocycles. The summed E-state index contributed by atoms with van der Waals surface area (Å²) in [4.78, 5) is 8.14. The van der Waals surface area contributed by atoms with E-state index < -0.39 is 0 Å². The van der Waals surface area contributed by atoms with Gasteiger partial charge in [-0.3, -0.25) is 5.10 Å². The fourth-order valence-electron chi connectivity index (χ4n) is 1.75. The van der Waals surface area contributed by atoms with Gasteiger partial charge in [-0.1, -0.05) is 0 Å². The summed E-state index contributed by atoms with van der Waals surface area (Å²) in [6.07, 6.45) is 3.01. The maximum atomic E-state index is 13.4.